The second kappa shape index (κ2) is 5.85. The normalized spacial score (nSPS) is 11.2. The molecular weight excluding hydrogens is 344 g/mol. The summed E-state index contributed by atoms with van der Waals surface area (Å²) in [4.78, 5) is 29.4. The van der Waals surface area contributed by atoms with Gasteiger partial charge in [0.25, 0.3) is 5.56 Å². The highest BCUT2D eigenvalue weighted by Crippen LogP contribution is 2.29. The first-order chi connectivity index (χ1) is 11.6. The smallest absolute Gasteiger partial charge is 0.271 e. The topological polar surface area (TPSA) is 52.0 Å². The van der Waals surface area contributed by atoms with Crippen LogP contribution in [0.25, 0.3) is 20.3 Å². The molecule has 2 aromatic carbocycles. The number of Topliss-reactive ketones (excluding diaryl/α,β-unsaturated/α-hetero) is 1. The number of halogens is 1. The molecule has 0 saturated carbocycles. The van der Waals surface area contributed by atoms with E-state index in [0.29, 0.717) is 20.8 Å². The molecule has 0 amide bonds. The molecule has 0 aliphatic heterocycles. The number of rotatable bonds is 3. The van der Waals surface area contributed by atoms with E-state index in [2.05, 4.69) is 4.98 Å². The zero-order valence-corrected chi connectivity index (χ0v) is 14.0. The van der Waals surface area contributed by atoms with Gasteiger partial charge in [-0.3, -0.25) is 14.2 Å². The van der Waals surface area contributed by atoms with Crippen molar-refractivity contribution < 1.29 is 4.79 Å². The molecule has 2 aromatic heterocycles. The maximum atomic E-state index is 12.7. The van der Waals surface area contributed by atoms with Crippen LogP contribution in [0.2, 0.25) is 5.02 Å². The zero-order valence-electron chi connectivity index (χ0n) is 12.4. The number of nitrogens with zero attached hydrogens (tertiary/aromatic N) is 2. The molecule has 6 heteroatoms. The zero-order chi connectivity index (χ0) is 16.7. The molecule has 0 aliphatic carbocycles. The van der Waals surface area contributed by atoms with Gasteiger partial charge in [-0.2, -0.15) is 0 Å². The minimum Gasteiger partial charge on any atom is -0.292 e. The van der Waals surface area contributed by atoms with Crippen molar-refractivity contribution in [2.24, 2.45) is 0 Å². The van der Waals surface area contributed by atoms with E-state index in [1.165, 1.54) is 22.2 Å². The van der Waals surface area contributed by atoms with Gasteiger partial charge in [0.05, 0.1) is 18.4 Å². The predicted molar refractivity (Wildman–Crippen MR) is 97.2 cm³/mol. The van der Waals surface area contributed by atoms with E-state index in [-0.39, 0.29) is 17.9 Å². The third-order valence-electron chi connectivity index (χ3n) is 3.83. The second-order valence-electron chi connectivity index (χ2n) is 5.38. The van der Waals surface area contributed by atoms with Gasteiger partial charge in [0.2, 0.25) is 0 Å². The molecule has 4 rings (SSSR count). The number of fused-ring (bicyclic) bond motifs is 3. The van der Waals surface area contributed by atoms with Crippen molar-refractivity contribution in [3.05, 3.63) is 75.8 Å². The Morgan fingerprint density at radius 1 is 1.12 bits per heavy atom. The number of hydrogen-bond acceptors (Lipinski definition) is 4. The molecule has 0 radical (unpaired) electrons. The number of aromatic nitrogens is 2. The van der Waals surface area contributed by atoms with Gasteiger partial charge in [-0.05, 0) is 30.3 Å². The number of benzene rings is 2. The lowest BCUT2D eigenvalue weighted by Gasteiger charge is -2.05. The third kappa shape index (κ3) is 2.52. The van der Waals surface area contributed by atoms with Gasteiger partial charge in [-0.25, -0.2) is 4.98 Å². The minimum atomic E-state index is -0.191. The van der Waals surface area contributed by atoms with Gasteiger partial charge >= 0.3 is 0 Å². The van der Waals surface area contributed by atoms with Gasteiger partial charge in [0.1, 0.15) is 4.70 Å². The Kier molecular flexibility index (Phi) is 3.67. The monoisotopic (exact) mass is 354 g/mol. The van der Waals surface area contributed by atoms with Crippen molar-refractivity contribution in [2.45, 2.75) is 6.54 Å². The molecule has 0 fully saturated rings. The molecule has 4 nitrogen and oxygen atoms in total. The highest BCUT2D eigenvalue weighted by molar-refractivity contribution is 7.25. The molecule has 24 heavy (non-hydrogen) atoms. The second-order valence-corrected chi connectivity index (χ2v) is 6.87. The van der Waals surface area contributed by atoms with Crippen molar-refractivity contribution in [3.8, 4) is 0 Å². The number of hydrogen-bond donors (Lipinski definition) is 0. The summed E-state index contributed by atoms with van der Waals surface area (Å²) in [5.74, 6) is -0.156. The Morgan fingerprint density at radius 3 is 2.67 bits per heavy atom. The van der Waals surface area contributed by atoms with Gasteiger partial charge in [0.15, 0.2) is 5.78 Å². The SMILES string of the molecule is O=C(Cn1cnc2c(sc3ccccc32)c1=O)c1ccc(Cl)cc1. The van der Waals surface area contributed by atoms with Gasteiger partial charge < -0.3 is 0 Å². The molecule has 0 bridgehead atoms. The van der Waals surface area contributed by atoms with Crippen LogP contribution in [0.3, 0.4) is 0 Å². The quantitative estimate of drug-likeness (QED) is 0.519. The highest BCUT2D eigenvalue weighted by Gasteiger charge is 2.13. The maximum Gasteiger partial charge on any atom is 0.271 e. The molecule has 0 aliphatic rings. The Hall–Kier alpha value is -2.50. The molecule has 0 atom stereocenters. The Balaban J connectivity index is 1.76. The summed E-state index contributed by atoms with van der Waals surface area (Å²) >= 11 is 7.23. The van der Waals surface area contributed by atoms with Crippen molar-refractivity contribution in [2.75, 3.05) is 0 Å². The van der Waals surface area contributed by atoms with Crippen molar-refractivity contribution in [1.29, 1.82) is 0 Å². The van der Waals surface area contributed by atoms with Crippen LogP contribution in [-0.4, -0.2) is 15.3 Å². The molecule has 0 N–H and O–H groups in total. The van der Waals surface area contributed by atoms with Crippen molar-refractivity contribution >= 4 is 49.0 Å². The van der Waals surface area contributed by atoms with Gasteiger partial charge in [-0.1, -0.05) is 29.8 Å². The van der Waals surface area contributed by atoms with Crippen LogP contribution in [-0.2, 0) is 6.54 Å². The van der Waals surface area contributed by atoms with E-state index in [1.54, 1.807) is 24.3 Å². The van der Waals surface area contributed by atoms with E-state index in [9.17, 15) is 9.59 Å². The van der Waals surface area contributed by atoms with Crippen LogP contribution in [0, 0.1) is 0 Å². The van der Waals surface area contributed by atoms with E-state index in [0.717, 1.165) is 10.1 Å². The molecule has 4 aromatic rings. The van der Waals surface area contributed by atoms with E-state index < -0.39 is 0 Å². The number of thiophene rings is 1. The van der Waals surface area contributed by atoms with Crippen LogP contribution in [0.1, 0.15) is 10.4 Å². The van der Waals surface area contributed by atoms with Crippen LogP contribution in [0.4, 0.5) is 0 Å². The Morgan fingerprint density at radius 2 is 1.88 bits per heavy atom. The fourth-order valence-electron chi connectivity index (χ4n) is 2.61. The van der Waals surface area contributed by atoms with Crippen molar-refractivity contribution in [3.63, 3.8) is 0 Å². The van der Waals surface area contributed by atoms with Crippen LogP contribution >= 0.6 is 22.9 Å². The average Bonchev–Trinajstić information content (AvgIpc) is 2.97. The minimum absolute atomic E-state index is 0.0440. The molecule has 118 valence electrons. The lowest BCUT2D eigenvalue weighted by atomic mass is 10.1. The summed E-state index contributed by atoms with van der Waals surface area (Å²) in [5, 5.41) is 1.53. The summed E-state index contributed by atoms with van der Waals surface area (Å²) < 4.78 is 2.94. The molecule has 2 heterocycles. The summed E-state index contributed by atoms with van der Waals surface area (Å²) in [7, 11) is 0. The molecular formula is C18H11ClN2O2S. The van der Waals surface area contributed by atoms with Crippen LogP contribution in [0.15, 0.2) is 59.7 Å². The molecule has 0 saturated heterocycles. The summed E-state index contributed by atoms with van der Waals surface area (Å²) in [6.45, 7) is -0.0440. The van der Waals surface area contributed by atoms with Gasteiger partial charge in [-0.15, -0.1) is 11.3 Å². The highest BCUT2D eigenvalue weighted by atomic mass is 35.5. The average molecular weight is 355 g/mol. The number of carbonyl (C=O) groups excluding carboxylic acids is 1. The van der Waals surface area contributed by atoms with E-state index >= 15 is 0 Å². The van der Waals surface area contributed by atoms with E-state index in [4.69, 9.17) is 11.6 Å². The van der Waals surface area contributed by atoms with Crippen molar-refractivity contribution in [1.82, 2.24) is 9.55 Å². The largest absolute Gasteiger partial charge is 0.292 e. The lowest BCUT2D eigenvalue weighted by Crippen LogP contribution is -2.24. The predicted octanol–water partition coefficient (Wildman–Crippen LogP) is 4.15. The number of carbonyl (C=O) groups is 1. The maximum absolute atomic E-state index is 12.7. The summed E-state index contributed by atoms with van der Waals surface area (Å²) in [6.07, 6.45) is 1.44. The van der Waals surface area contributed by atoms with Crippen LogP contribution < -0.4 is 5.56 Å². The van der Waals surface area contributed by atoms with Gasteiger partial charge in [0, 0.05) is 20.7 Å². The first-order valence-electron chi connectivity index (χ1n) is 7.29. The van der Waals surface area contributed by atoms with E-state index in [1.807, 2.05) is 24.3 Å². The Bertz CT molecular complexity index is 1130. The standard InChI is InChI=1S/C18H11ClN2O2S/c19-12-7-5-11(6-8-12)14(22)9-21-10-20-16-13-3-1-2-4-15(13)24-17(16)18(21)23/h1-8,10H,9H2. The first-order valence-corrected chi connectivity index (χ1v) is 8.48. The summed E-state index contributed by atoms with van der Waals surface area (Å²) in [6, 6.07) is 14.4. The summed E-state index contributed by atoms with van der Waals surface area (Å²) in [5.41, 5.74) is 1.02. The fourth-order valence-corrected chi connectivity index (χ4v) is 3.84. The number of ketones is 1. The lowest BCUT2D eigenvalue weighted by molar-refractivity contribution is 0.0970. The Labute approximate surface area is 145 Å². The van der Waals surface area contributed by atoms with Crippen LogP contribution in [0.5, 0.6) is 0 Å². The third-order valence-corrected chi connectivity index (χ3v) is 5.23. The molecule has 0 spiro atoms. The molecule has 0 unspecified atom stereocenters. The fraction of sp³-hybridized carbons (Fsp3) is 0.0556. The first kappa shape index (κ1) is 15.1.